The molecule has 4 N–H and O–H groups in total. The fourth-order valence-electron chi connectivity index (χ4n) is 5.25. The maximum atomic E-state index is 10.3. The Morgan fingerprint density at radius 1 is 0.971 bits per heavy atom. The molecule has 1 aliphatic rings. The van der Waals surface area contributed by atoms with E-state index in [1.54, 1.807) is 12.1 Å². The van der Waals surface area contributed by atoms with E-state index in [1.165, 1.54) is 31.2 Å². The van der Waals surface area contributed by atoms with Crippen LogP contribution in [-0.2, 0) is 12.8 Å². The third-order valence-electron chi connectivity index (χ3n) is 7.04. The van der Waals surface area contributed by atoms with E-state index in [4.69, 9.17) is 11.6 Å². The minimum Gasteiger partial charge on any atom is -0.506 e. The number of nitrogens with one attached hydrogen (secondary N) is 1. The lowest BCUT2D eigenvalue weighted by molar-refractivity contribution is 0.167. The van der Waals surface area contributed by atoms with E-state index in [0.717, 1.165) is 63.0 Å². The lowest BCUT2D eigenvalue weighted by atomic mass is 9.79. The lowest BCUT2D eigenvalue weighted by Crippen LogP contribution is -2.41. The number of benzene rings is 2. The fourth-order valence-corrected chi connectivity index (χ4v) is 5.46. The number of rotatable bonds is 13. The van der Waals surface area contributed by atoms with Crippen LogP contribution in [0.15, 0.2) is 30.3 Å². The van der Waals surface area contributed by atoms with E-state index < -0.39 is 0 Å². The van der Waals surface area contributed by atoms with Gasteiger partial charge in [-0.25, -0.2) is 0 Å². The number of phenols is 3. The number of fused-ring (bicyclic) bond motifs is 1. The number of hydrogen-bond donors (Lipinski definition) is 4. The third kappa shape index (κ3) is 7.27. The molecule has 2 atom stereocenters. The van der Waals surface area contributed by atoms with Crippen molar-refractivity contribution in [1.82, 2.24) is 10.2 Å². The number of nitrogens with zero attached hydrogens (tertiary/aromatic N) is 1. The average Bonchev–Trinajstić information content (AvgIpc) is 2.81. The van der Waals surface area contributed by atoms with Crippen molar-refractivity contribution in [1.29, 1.82) is 0 Å². The van der Waals surface area contributed by atoms with Gasteiger partial charge < -0.3 is 25.5 Å². The van der Waals surface area contributed by atoms with Gasteiger partial charge in [-0.1, -0.05) is 50.4 Å². The first-order chi connectivity index (χ1) is 16.4. The van der Waals surface area contributed by atoms with Gasteiger partial charge in [0, 0.05) is 11.6 Å². The topological polar surface area (TPSA) is 76.0 Å². The van der Waals surface area contributed by atoms with Crippen LogP contribution in [0.1, 0.15) is 75.0 Å². The summed E-state index contributed by atoms with van der Waals surface area (Å²) in [6.45, 7) is 8.59. The van der Waals surface area contributed by atoms with Crippen molar-refractivity contribution in [2.24, 2.45) is 0 Å². The Hall–Kier alpha value is -1.95. The minimum atomic E-state index is -0.00583. The minimum absolute atomic E-state index is 0.00583. The molecule has 0 amide bonds. The molecule has 2 unspecified atom stereocenters. The van der Waals surface area contributed by atoms with Gasteiger partial charge >= 0.3 is 0 Å². The van der Waals surface area contributed by atoms with Crippen molar-refractivity contribution < 1.29 is 15.3 Å². The molecular formula is C28H41ClN2O3. The monoisotopic (exact) mass is 488 g/mol. The highest BCUT2D eigenvalue weighted by atomic mass is 35.5. The molecule has 34 heavy (non-hydrogen) atoms. The third-order valence-corrected chi connectivity index (χ3v) is 7.34. The maximum absolute atomic E-state index is 10.3. The summed E-state index contributed by atoms with van der Waals surface area (Å²) < 4.78 is 0. The molecule has 2 aromatic carbocycles. The highest BCUT2D eigenvalue weighted by Crippen LogP contribution is 2.42. The molecule has 0 fully saturated rings. The van der Waals surface area contributed by atoms with Gasteiger partial charge in [0.1, 0.15) is 5.75 Å². The Bertz CT molecular complexity index is 921. The van der Waals surface area contributed by atoms with Crippen molar-refractivity contribution >= 4 is 11.6 Å². The van der Waals surface area contributed by atoms with Crippen LogP contribution in [0, 0.1) is 0 Å². The van der Waals surface area contributed by atoms with Crippen molar-refractivity contribution in [3.05, 3.63) is 52.0 Å². The molecule has 1 aliphatic carbocycles. The lowest BCUT2D eigenvalue weighted by Gasteiger charge is -2.38. The number of phenolic OH excluding ortho intramolecular Hbond substituents is 3. The van der Waals surface area contributed by atoms with E-state index >= 15 is 0 Å². The van der Waals surface area contributed by atoms with E-state index in [1.807, 2.05) is 18.2 Å². The average molecular weight is 489 g/mol. The van der Waals surface area contributed by atoms with Crippen molar-refractivity contribution in [3.63, 3.8) is 0 Å². The largest absolute Gasteiger partial charge is 0.506 e. The summed E-state index contributed by atoms with van der Waals surface area (Å²) in [6.07, 6.45) is 8.90. The van der Waals surface area contributed by atoms with E-state index in [2.05, 4.69) is 24.1 Å². The molecule has 0 aliphatic heterocycles. The second-order valence-corrected chi connectivity index (χ2v) is 10.1. The Morgan fingerprint density at radius 2 is 1.74 bits per heavy atom. The second kappa shape index (κ2) is 13.2. The van der Waals surface area contributed by atoms with Gasteiger partial charge in [-0.2, -0.15) is 0 Å². The zero-order valence-electron chi connectivity index (χ0n) is 20.7. The molecule has 188 valence electrons. The van der Waals surface area contributed by atoms with Crippen LogP contribution in [0.25, 0.3) is 0 Å². The Labute approximate surface area is 209 Å². The smallest absolute Gasteiger partial charge is 0.161 e. The highest BCUT2D eigenvalue weighted by Gasteiger charge is 2.30. The predicted octanol–water partition coefficient (Wildman–Crippen LogP) is 5.98. The number of hydrogen-bond acceptors (Lipinski definition) is 5. The zero-order chi connectivity index (χ0) is 24.5. The maximum Gasteiger partial charge on any atom is 0.161 e. The van der Waals surface area contributed by atoms with E-state index in [0.29, 0.717) is 11.1 Å². The number of halogens is 1. The van der Waals surface area contributed by atoms with Crippen LogP contribution in [0.4, 0.5) is 0 Å². The predicted molar refractivity (Wildman–Crippen MR) is 140 cm³/mol. The summed E-state index contributed by atoms with van der Waals surface area (Å²) in [5.41, 5.74) is 3.26. The van der Waals surface area contributed by atoms with Crippen molar-refractivity contribution in [2.75, 3.05) is 26.2 Å². The van der Waals surface area contributed by atoms with Gasteiger partial charge in [0.2, 0.25) is 0 Å². The zero-order valence-corrected chi connectivity index (χ0v) is 21.4. The van der Waals surface area contributed by atoms with Gasteiger partial charge in [-0.15, -0.1) is 0 Å². The van der Waals surface area contributed by atoms with Crippen molar-refractivity contribution in [2.45, 2.75) is 77.2 Å². The molecule has 0 saturated heterocycles. The molecule has 0 radical (unpaired) electrons. The van der Waals surface area contributed by atoms with E-state index in [9.17, 15) is 15.3 Å². The molecule has 0 saturated carbocycles. The Morgan fingerprint density at radius 3 is 2.50 bits per heavy atom. The Kier molecular flexibility index (Phi) is 10.4. The Balaban J connectivity index is 1.34. The van der Waals surface area contributed by atoms with Gasteiger partial charge in [0.15, 0.2) is 11.5 Å². The normalized spacial score (nSPS) is 17.8. The van der Waals surface area contributed by atoms with Crippen LogP contribution in [0.3, 0.4) is 0 Å². The molecule has 0 spiro atoms. The highest BCUT2D eigenvalue weighted by molar-refractivity contribution is 6.32. The fraction of sp³-hybridized carbons (Fsp3) is 0.571. The number of unbranched alkanes of at least 4 members (excludes halogenated alkanes) is 3. The van der Waals surface area contributed by atoms with Gasteiger partial charge in [0.25, 0.3) is 0 Å². The standard InChI is InChI=1S/C28H41ClN2O3/c1-3-15-31(23-17-20(2)27-22(19-23)9-11-26(33)28(27)34)16-7-5-4-6-13-30-14-12-21-8-10-25(32)24(29)18-21/h8-11,18,20,23,30,32-34H,3-7,12-17,19H2,1-2H3. The molecule has 0 heterocycles. The van der Waals surface area contributed by atoms with Crippen LogP contribution >= 0.6 is 11.6 Å². The second-order valence-electron chi connectivity index (χ2n) is 9.74. The summed E-state index contributed by atoms with van der Waals surface area (Å²) in [6, 6.07) is 9.52. The van der Waals surface area contributed by atoms with Gasteiger partial charge in [0.05, 0.1) is 5.02 Å². The molecule has 6 heteroatoms. The summed E-state index contributed by atoms with van der Waals surface area (Å²) in [7, 11) is 0. The van der Waals surface area contributed by atoms with Gasteiger partial charge in [-0.05, 0) is 99.9 Å². The summed E-state index contributed by atoms with van der Waals surface area (Å²) >= 11 is 5.96. The number of aromatic hydroxyl groups is 3. The van der Waals surface area contributed by atoms with Crippen LogP contribution in [-0.4, -0.2) is 52.4 Å². The molecule has 2 aromatic rings. The van der Waals surface area contributed by atoms with Crippen LogP contribution in [0.2, 0.25) is 5.02 Å². The van der Waals surface area contributed by atoms with Crippen LogP contribution in [0.5, 0.6) is 17.2 Å². The quantitative estimate of drug-likeness (QED) is 0.206. The first kappa shape index (κ1) is 26.7. The summed E-state index contributed by atoms with van der Waals surface area (Å²) in [5.74, 6) is 0.460. The molecular weight excluding hydrogens is 448 g/mol. The summed E-state index contributed by atoms with van der Waals surface area (Å²) in [5, 5.41) is 33.6. The first-order valence-electron chi connectivity index (χ1n) is 12.9. The molecule has 0 bridgehead atoms. The van der Waals surface area contributed by atoms with E-state index in [-0.39, 0.29) is 23.2 Å². The van der Waals surface area contributed by atoms with Crippen LogP contribution < -0.4 is 5.32 Å². The van der Waals surface area contributed by atoms with Crippen molar-refractivity contribution in [3.8, 4) is 17.2 Å². The van der Waals surface area contributed by atoms with Gasteiger partial charge in [-0.3, -0.25) is 0 Å². The molecule has 0 aromatic heterocycles. The SMILES string of the molecule is CCCN(CCCCCCNCCc1ccc(O)c(Cl)c1)C1Cc2ccc(O)c(O)c2C(C)C1. The first-order valence-corrected chi connectivity index (χ1v) is 13.2. The molecule has 5 nitrogen and oxygen atoms in total. The summed E-state index contributed by atoms with van der Waals surface area (Å²) in [4.78, 5) is 2.64. The molecule has 3 rings (SSSR count).